The molecule has 1 aromatic heterocycles. The zero-order valence-electron chi connectivity index (χ0n) is 14.6. The molecule has 1 saturated carbocycles. The second-order valence-electron chi connectivity index (χ2n) is 7.07. The van der Waals surface area contributed by atoms with E-state index in [0.717, 1.165) is 34.9 Å². The molecule has 1 aromatic carbocycles. The fraction of sp³-hybridized carbons (Fsp3) is 0.500. The van der Waals surface area contributed by atoms with Crippen LogP contribution in [0.1, 0.15) is 55.2 Å². The van der Waals surface area contributed by atoms with Crippen LogP contribution in [0.4, 0.5) is 0 Å². The lowest BCUT2D eigenvalue weighted by molar-refractivity contribution is -0.121. The van der Waals surface area contributed by atoms with Gasteiger partial charge >= 0.3 is 0 Å². The monoisotopic (exact) mass is 326 g/mol. The molecule has 0 spiro atoms. The van der Waals surface area contributed by atoms with E-state index in [1.807, 2.05) is 26.0 Å². The first kappa shape index (κ1) is 16.7. The van der Waals surface area contributed by atoms with Crippen LogP contribution in [0.3, 0.4) is 0 Å². The highest BCUT2D eigenvalue weighted by Crippen LogP contribution is 2.19. The molecule has 2 N–H and O–H groups in total. The van der Waals surface area contributed by atoms with E-state index in [4.69, 9.17) is 0 Å². The van der Waals surface area contributed by atoms with Gasteiger partial charge in [-0.1, -0.05) is 25.3 Å². The van der Waals surface area contributed by atoms with Gasteiger partial charge in [-0.2, -0.15) is 0 Å². The summed E-state index contributed by atoms with van der Waals surface area (Å²) in [6.07, 6.45) is 6.70. The Morgan fingerprint density at radius 1 is 1.17 bits per heavy atom. The van der Waals surface area contributed by atoms with Crippen LogP contribution in [-0.2, 0) is 11.2 Å². The fourth-order valence-corrected chi connectivity index (χ4v) is 3.70. The average Bonchev–Trinajstić information content (AvgIpc) is 2.54. The Morgan fingerprint density at radius 3 is 2.67 bits per heavy atom. The topological polar surface area (TPSA) is 62.0 Å². The van der Waals surface area contributed by atoms with Gasteiger partial charge in [0.15, 0.2) is 0 Å². The van der Waals surface area contributed by atoms with Crippen molar-refractivity contribution < 1.29 is 4.79 Å². The van der Waals surface area contributed by atoms with Gasteiger partial charge in [0.2, 0.25) is 5.91 Å². The minimum atomic E-state index is -0.0852. The molecular weight excluding hydrogens is 300 g/mol. The molecule has 4 heteroatoms. The SMILES string of the molecule is Cc1cc(C)c2cc(CCC(=O)NC3CCCCC3)c(=O)[nH]c2c1. The van der Waals surface area contributed by atoms with E-state index in [2.05, 4.69) is 16.4 Å². The highest BCUT2D eigenvalue weighted by Gasteiger charge is 2.16. The number of aryl methyl sites for hydroxylation is 3. The summed E-state index contributed by atoms with van der Waals surface area (Å²) in [7, 11) is 0. The number of hydrogen-bond acceptors (Lipinski definition) is 2. The van der Waals surface area contributed by atoms with Crippen LogP contribution in [0.2, 0.25) is 0 Å². The average molecular weight is 326 g/mol. The van der Waals surface area contributed by atoms with Gasteiger partial charge in [0, 0.05) is 28.9 Å². The van der Waals surface area contributed by atoms with Crippen molar-refractivity contribution in [1.82, 2.24) is 10.3 Å². The quantitative estimate of drug-likeness (QED) is 0.903. The molecular formula is C20H26N2O2. The van der Waals surface area contributed by atoms with Crippen LogP contribution in [0, 0.1) is 13.8 Å². The highest BCUT2D eigenvalue weighted by molar-refractivity contribution is 5.83. The van der Waals surface area contributed by atoms with Crippen molar-refractivity contribution in [2.45, 2.75) is 64.8 Å². The first-order valence-corrected chi connectivity index (χ1v) is 8.95. The van der Waals surface area contributed by atoms with E-state index in [1.165, 1.54) is 19.3 Å². The summed E-state index contributed by atoms with van der Waals surface area (Å²) in [5.74, 6) is 0.0574. The maximum atomic E-state index is 12.3. The molecule has 4 nitrogen and oxygen atoms in total. The lowest BCUT2D eigenvalue weighted by Crippen LogP contribution is -2.36. The third-order valence-electron chi connectivity index (χ3n) is 4.98. The van der Waals surface area contributed by atoms with Crippen LogP contribution in [-0.4, -0.2) is 16.9 Å². The largest absolute Gasteiger partial charge is 0.353 e. The van der Waals surface area contributed by atoms with Gasteiger partial charge in [-0.3, -0.25) is 9.59 Å². The van der Waals surface area contributed by atoms with E-state index >= 15 is 0 Å². The first-order chi connectivity index (χ1) is 11.5. The molecule has 1 heterocycles. The van der Waals surface area contributed by atoms with Crippen LogP contribution < -0.4 is 10.9 Å². The second kappa shape index (κ2) is 7.20. The van der Waals surface area contributed by atoms with E-state index in [-0.39, 0.29) is 11.5 Å². The normalized spacial score (nSPS) is 15.6. The summed E-state index contributed by atoms with van der Waals surface area (Å²) < 4.78 is 0. The Bertz CT molecular complexity index is 801. The Morgan fingerprint density at radius 2 is 1.92 bits per heavy atom. The summed E-state index contributed by atoms with van der Waals surface area (Å²) >= 11 is 0. The summed E-state index contributed by atoms with van der Waals surface area (Å²) in [4.78, 5) is 27.4. The molecule has 0 radical (unpaired) electrons. The lowest BCUT2D eigenvalue weighted by atomic mass is 9.95. The maximum absolute atomic E-state index is 12.3. The molecule has 0 atom stereocenters. The Kier molecular flexibility index (Phi) is 5.03. The maximum Gasteiger partial charge on any atom is 0.251 e. The predicted molar refractivity (Wildman–Crippen MR) is 97.4 cm³/mol. The van der Waals surface area contributed by atoms with Gasteiger partial charge in [-0.15, -0.1) is 0 Å². The molecule has 3 rings (SSSR count). The number of amides is 1. The molecule has 1 aliphatic carbocycles. The minimum absolute atomic E-state index is 0.0574. The number of hydrogen-bond donors (Lipinski definition) is 2. The van der Waals surface area contributed by atoms with Crippen LogP contribution in [0.25, 0.3) is 10.9 Å². The summed E-state index contributed by atoms with van der Waals surface area (Å²) in [6.45, 7) is 4.07. The van der Waals surface area contributed by atoms with Crippen LogP contribution >= 0.6 is 0 Å². The summed E-state index contributed by atoms with van der Waals surface area (Å²) in [5.41, 5.74) is 3.75. The Labute approximate surface area is 142 Å². The van der Waals surface area contributed by atoms with E-state index < -0.39 is 0 Å². The van der Waals surface area contributed by atoms with Gasteiger partial charge in [-0.05, 0) is 56.4 Å². The molecule has 1 amide bonds. The molecule has 24 heavy (non-hydrogen) atoms. The smallest absolute Gasteiger partial charge is 0.251 e. The molecule has 2 aromatic rings. The van der Waals surface area contributed by atoms with Gasteiger partial charge in [0.25, 0.3) is 5.56 Å². The van der Waals surface area contributed by atoms with Crippen molar-refractivity contribution in [3.8, 4) is 0 Å². The third kappa shape index (κ3) is 3.86. The number of rotatable bonds is 4. The number of aromatic nitrogens is 1. The van der Waals surface area contributed by atoms with Gasteiger partial charge in [-0.25, -0.2) is 0 Å². The molecule has 0 bridgehead atoms. The summed E-state index contributed by atoms with van der Waals surface area (Å²) in [6, 6.07) is 6.37. The van der Waals surface area contributed by atoms with Gasteiger partial charge in [0.05, 0.1) is 0 Å². The number of H-pyrrole nitrogens is 1. The minimum Gasteiger partial charge on any atom is -0.353 e. The van der Waals surface area contributed by atoms with Crippen LogP contribution in [0.15, 0.2) is 23.0 Å². The van der Waals surface area contributed by atoms with Crippen molar-refractivity contribution in [2.75, 3.05) is 0 Å². The number of fused-ring (bicyclic) bond motifs is 1. The fourth-order valence-electron chi connectivity index (χ4n) is 3.70. The highest BCUT2D eigenvalue weighted by atomic mass is 16.1. The first-order valence-electron chi connectivity index (χ1n) is 8.95. The zero-order chi connectivity index (χ0) is 17.1. The molecule has 0 saturated heterocycles. The predicted octanol–water partition coefficient (Wildman–Crippen LogP) is 3.53. The number of benzene rings is 1. The standard InChI is InChI=1S/C20H26N2O2/c1-13-10-14(2)17-12-15(20(24)22-18(17)11-13)8-9-19(23)21-16-6-4-3-5-7-16/h10-12,16H,3-9H2,1-2H3,(H,21,23)(H,22,24). The molecule has 128 valence electrons. The third-order valence-corrected chi connectivity index (χ3v) is 4.98. The van der Waals surface area contributed by atoms with Crippen molar-refractivity contribution in [1.29, 1.82) is 0 Å². The number of carbonyl (C=O) groups is 1. The second-order valence-corrected chi connectivity index (χ2v) is 7.07. The number of carbonyl (C=O) groups excluding carboxylic acids is 1. The molecule has 1 fully saturated rings. The van der Waals surface area contributed by atoms with E-state index in [1.54, 1.807) is 0 Å². The van der Waals surface area contributed by atoms with Crippen molar-refractivity contribution in [2.24, 2.45) is 0 Å². The zero-order valence-corrected chi connectivity index (χ0v) is 14.6. The Balaban J connectivity index is 1.69. The van der Waals surface area contributed by atoms with Crippen molar-refractivity contribution in [3.05, 3.63) is 45.2 Å². The number of nitrogens with one attached hydrogen (secondary N) is 2. The Hall–Kier alpha value is -2.10. The van der Waals surface area contributed by atoms with Gasteiger partial charge < -0.3 is 10.3 Å². The van der Waals surface area contributed by atoms with Crippen LogP contribution in [0.5, 0.6) is 0 Å². The molecule has 1 aliphatic rings. The van der Waals surface area contributed by atoms with Crippen molar-refractivity contribution >= 4 is 16.8 Å². The lowest BCUT2D eigenvalue weighted by Gasteiger charge is -2.22. The number of pyridine rings is 1. The molecule has 0 unspecified atom stereocenters. The number of aromatic amines is 1. The van der Waals surface area contributed by atoms with Gasteiger partial charge in [0.1, 0.15) is 0 Å². The van der Waals surface area contributed by atoms with E-state index in [0.29, 0.717) is 24.4 Å². The van der Waals surface area contributed by atoms with Crippen molar-refractivity contribution in [3.63, 3.8) is 0 Å². The molecule has 0 aliphatic heterocycles. The summed E-state index contributed by atoms with van der Waals surface area (Å²) in [5, 5.41) is 4.17. The van der Waals surface area contributed by atoms with E-state index in [9.17, 15) is 9.59 Å².